The minimum atomic E-state index is -0.183. The van der Waals surface area contributed by atoms with Crippen LogP contribution in [-0.2, 0) is 20.1 Å². The van der Waals surface area contributed by atoms with Crippen molar-refractivity contribution in [3.8, 4) is 0 Å². The Hall–Kier alpha value is -2.77. The second-order valence-corrected chi connectivity index (χ2v) is 8.90. The summed E-state index contributed by atoms with van der Waals surface area (Å²) in [5.74, 6) is 0.642. The zero-order valence-corrected chi connectivity index (χ0v) is 18.8. The molecule has 2 N–H and O–H groups in total. The van der Waals surface area contributed by atoms with Crippen LogP contribution < -0.4 is 10.9 Å². The number of H-pyrrole nitrogens is 1. The van der Waals surface area contributed by atoms with E-state index >= 15 is 0 Å². The van der Waals surface area contributed by atoms with Gasteiger partial charge in [0.05, 0.1) is 10.9 Å². The third-order valence-electron chi connectivity index (χ3n) is 6.09. The Morgan fingerprint density at radius 3 is 2.68 bits per heavy atom. The normalized spacial score (nSPS) is 15.3. The monoisotopic (exact) mass is 436 g/mol. The first-order valence-corrected chi connectivity index (χ1v) is 11.1. The summed E-state index contributed by atoms with van der Waals surface area (Å²) in [7, 11) is 1.63. The predicted octanol–water partition coefficient (Wildman–Crippen LogP) is 3.76. The lowest BCUT2D eigenvalue weighted by molar-refractivity contribution is 0.0951. The highest BCUT2D eigenvalue weighted by molar-refractivity contribution is 7.71. The Morgan fingerprint density at radius 1 is 1.16 bits per heavy atom. The highest BCUT2D eigenvalue weighted by atomic mass is 32.1. The average Bonchev–Trinajstić information content (AvgIpc) is 2.77. The second-order valence-electron chi connectivity index (χ2n) is 8.52. The lowest BCUT2D eigenvalue weighted by Crippen LogP contribution is -2.32. The van der Waals surface area contributed by atoms with Crippen molar-refractivity contribution in [1.29, 1.82) is 0 Å². The van der Waals surface area contributed by atoms with Crippen LogP contribution in [0, 0.1) is 10.7 Å². The molecule has 162 valence electrons. The van der Waals surface area contributed by atoms with E-state index in [2.05, 4.69) is 40.3 Å². The van der Waals surface area contributed by atoms with Crippen molar-refractivity contribution in [2.24, 2.45) is 13.0 Å². The van der Waals surface area contributed by atoms with Crippen molar-refractivity contribution in [3.05, 3.63) is 74.3 Å². The Labute approximate surface area is 186 Å². The quantitative estimate of drug-likeness (QED) is 0.598. The summed E-state index contributed by atoms with van der Waals surface area (Å²) < 4.78 is 1.71. The maximum absolute atomic E-state index is 12.7. The minimum Gasteiger partial charge on any atom is -0.348 e. The number of aromatic amines is 1. The van der Waals surface area contributed by atoms with Gasteiger partial charge in [-0.2, -0.15) is 0 Å². The molecule has 4 rings (SSSR count). The molecule has 1 aromatic heterocycles. The maximum Gasteiger partial charge on any atom is 0.261 e. The van der Waals surface area contributed by atoms with Crippen LogP contribution in [-0.4, -0.2) is 33.4 Å². The molecular formula is C24H28N4O2S. The Bertz CT molecular complexity index is 1220. The number of rotatable bonds is 5. The number of carbonyl (C=O) groups excluding carboxylic acids is 1. The zero-order valence-electron chi connectivity index (χ0n) is 18.0. The molecule has 1 fully saturated rings. The van der Waals surface area contributed by atoms with Crippen molar-refractivity contribution in [3.63, 3.8) is 0 Å². The van der Waals surface area contributed by atoms with Gasteiger partial charge in [-0.05, 0) is 73.4 Å². The summed E-state index contributed by atoms with van der Waals surface area (Å²) in [6.07, 6.45) is 2.52. The van der Waals surface area contributed by atoms with Gasteiger partial charge in [-0.3, -0.25) is 19.1 Å². The molecule has 0 atom stereocenters. The standard InChI is InChI=1S/C24H28N4O2S/c1-16-8-10-28(11-9-16)15-18-5-3-4-17(12-18)14-25-22(29)19-6-7-20-21(13-19)26-24(31)27(2)23(20)30/h3-7,12-13,16H,8-11,14-15H2,1-2H3,(H,25,29)(H,26,31). The first kappa shape index (κ1) is 21.5. The molecule has 0 aliphatic carbocycles. The van der Waals surface area contributed by atoms with E-state index in [9.17, 15) is 9.59 Å². The van der Waals surface area contributed by atoms with E-state index in [1.54, 1.807) is 25.2 Å². The molecule has 1 amide bonds. The predicted molar refractivity (Wildman–Crippen MR) is 126 cm³/mol. The average molecular weight is 437 g/mol. The van der Waals surface area contributed by atoms with E-state index in [1.165, 1.54) is 23.0 Å². The minimum absolute atomic E-state index is 0.175. The molecule has 0 saturated carbocycles. The topological polar surface area (TPSA) is 70.1 Å². The number of amides is 1. The molecule has 1 aliphatic rings. The Morgan fingerprint density at radius 2 is 1.90 bits per heavy atom. The van der Waals surface area contributed by atoms with E-state index in [4.69, 9.17) is 12.2 Å². The number of aromatic nitrogens is 2. The highest BCUT2D eigenvalue weighted by Gasteiger charge is 2.16. The van der Waals surface area contributed by atoms with Crippen molar-refractivity contribution in [1.82, 2.24) is 19.8 Å². The van der Waals surface area contributed by atoms with Gasteiger partial charge in [0, 0.05) is 25.7 Å². The van der Waals surface area contributed by atoms with Crippen LogP contribution in [0.25, 0.3) is 10.9 Å². The van der Waals surface area contributed by atoms with Crippen molar-refractivity contribution < 1.29 is 4.79 Å². The van der Waals surface area contributed by atoms with E-state index in [0.717, 1.165) is 31.1 Å². The summed E-state index contributed by atoms with van der Waals surface area (Å²) in [6, 6.07) is 13.4. The number of hydrogen-bond acceptors (Lipinski definition) is 4. The van der Waals surface area contributed by atoms with E-state index in [0.29, 0.717) is 27.8 Å². The van der Waals surface area contributed by atoms with Gasteiger partial charge in [0.15, 0.2) is 4.77 Å². The molecule has 1 saturated heterocycles. The number of nitrogens with one attached hydrogen (secondary N) is 2. The van der Waals surface area contributed by atoms with Gasteiger partial charge in [0.1, 0.15) is 0 Å². The van der Waals surface area contributed by atoms with Crippen LogP contribution >= 0.6 is 12.2 Å². The van der Waals surface area contributed by atoms with Gasteiger partial charge in [0.2, 0.25) is 0 Å². The van der Waals surface area contributed by atoms with Crippen LogP contribution in [0.15, 0.2) is 47.3 Å². The summed E-state index contributed by atoms with van der Waals surface area (Å²) in [5, 5.41) is 3.49. The third kappa shape index (κ3) is 4.94. The summed E-state index contributed by atoms with van der Waals surface area (Å²) >= 11 is 5.17. The number of likely N-dealkylation sites (tertiary alicyclic amines) is 1. The molecule has 6 nitrogen and oxygen atoms in total. The van der Waals surface area contributed by atoms with Gasteiger partial charge < -0.3 is 10.3 Å². The van der Waals surface area contributed by atoms with Gasteiger partial charge >= 0.3 is 0 Å². The number of benzene rings is 2. The van der Waals surface area contributed by atoms with Crippen molar-refractivity contribution in [2.45, 2.75) is 32.9 Å². The number of carbonyl (C=O) groups is 1. The molecule has 2 heterocycles. The molecule has 0 radical (unpaired) electrons. The first-order valence-electron chi connectivity index (χ1n) is 10.7. The van der Waals surface area contributed by atoms with Crippen LogP contribution in [0.1, 0.15) is 41.3 Å². The Kier molecular flexibility index (Phi) is 6.34. The molecule has 0 unspecified atom stereocenters. The smallest absolute Gasteiger partial charge is 0.261 e. The fraction of sp³-hybridized carbons (Fsp3) is 0.375. The summed E-state index contributed by atoms with van der Waals surface area (Å²) in [5.41, 5.74) is 3.23. The first-order chi connectivity index (χ1) is 14.9. The molecule has 3 aromatic rings. The Balaban J connectivity index is 1.42. The molecule has 31 heavy (non-hydrogen) atoms. The van der Waals surface area contributed by atoms with Gasteiger partial charge in [-0.1, -0.05) is 31.2 Å². The molecular weight excluding hydrogens is 408 g/mol. The SMILES string of the molecule is CC1CCN(Cc2cccc(CNC(=O)c3ccc4c(=O)n(C)c(=S)[nH]c4c3)c2)CC1. The molecule has 0 spiro atoms. The van der Waals surface area contributed by atoms with E-state index < -0.39 is 0 Å². The molecule has 7 heteroatoms. The third-order valence-corrected chi connectivity index (χ3v) is 6.47. The molecule has 0 bridgehead atoms. The van der Waals surface area contributed by atoms with Crippen LogP contribution in [0.2, 0.25) is 0 Å². The highest BCUT2D eigenvalue weighted by Crippen LogP contribution is 2.18. The number of fused-ring (bicyclic) bond motifs is 1. The summed E-state index contributed by atoms with van der Waals surface area (Å²) in [6.45, 7) is 6.03. The fourth-order valence-electron chi connectivity index (χ4n) is 4.05. The zero-order chi connectivity index (χ0) is 22.0. The van der Waals surface area contributed by atoms with E-state index in [-0.39, 0.29) is 11.5 Å². The lowest BCUT2D eigenvalue weighted by atomic mass is 9.98. The second kappa shape index (κ2) is 9.16. The lowest BCUT2D eigenvalue weighted by Gasteiger charge is -2.30. The van der Waals surface area contributed by atoms with Gasteiger partial charge in [-0.15, -0.1) is 0 Å². The fourth-order valence-corrected chi connectivity index (χ4v) is 4.24. The van der Waals surface area contributed by atoms with Gasteiger partial charge in [-0.25, -0.2) is 0 Å². The van der Waals surface area contributed by atoms with Crippen LogP contribution in [0.5, 0.6) is 0 Å². The number of piperidine rings is 1. The van der Waals surface area contributed by atoms with E-state index in [1.807, 2.05) is 6.07 Å². The number of hydrogen-bond donors (Lipinski definition) is 2. The maximum atomic E-state index is 12.7. The van der Waals surface area contributed by atoms with Gasteiger partial charge in [0.25, 0.3) is 11.5 Å². The summed E-state index contributed by atoms with van der Waals surface area (Å²) in [4.78, 5) is 30.5. The van der Waals surface area contributed by atoms with Crippen LogP contribution in [0.3, 0.4) is 0 Å². The number of nitrogens with zero attached hydrogens (tertiary/aromatic N) is 2. The van der Waals surface area contributed by atoms with Crippen LogP contribution in [0.4, 0.5) is 0 Å². The molecule has 1 aliphatic heterocycles. The largest absolute Gasteiger partial charge is 0.348 e. The van der Waals surface area contributed by atoms with Crippen molar-refractivity contribution in [2.75, 3.05) is 13.1 Å². The van der Waals surface area contributed by atoms with Crippen molar-refractivity contribution >= 4 is 29.0 Å². The molecule has 2 aromatic carbocycles.